The maximum atomic E-state index is 5.99. The number of ether oxygens (including phenoxy) is 1. The molecule has 9 heteroatoms. The predicted molar refractivity (Wildman–Crippen MR) is 87.2 cm³/mol. The Labute approximate surface area is 139 Å². The van der Waals surface area contributed by atoms with Crippen LogP contribution in [0, 0.1) is 0 Å². The highest BCUT2D eigenvalue weighted by Crippen LogP contribution is 2.23. The number of morpholine rings is 1. The average molecular weight is 391 g/mol. The van der Waals surface area contributed by atoms with Crippen molar-refractivity contribution >= 4 is 50.8 Å². The minimum Gasteiger partial charge on any atom is -0.378 e. The molecule has 1 N–H and O–H groups in total. The van der Waals surface area contributed by atoms with Gasteiger partial charge < -0.3 is 15.0 Å². The Kier molecular flexibility index (Phi) is 4.89. The van der Waals surface area contributed by atoms with Gasteiger partial charge in [-0.3, -0.25) is 0 Å². The predicted octanol–water partition coefficient (Wildman–Crippen LogP) is 2.80. The van der Waals surface area contributed by atoms with Gasteiger partial charge in [-0.2, -0.15) is 15.0 Å². The number of hydrogen-bond acceptors (Lipinski definition) is 7. The molecule has 0 unspecified atom stereocenters. The Morgan fingerprint density at radius 2 is 2.14 bits per heavy atom. The molecule has 0 atom stereocenters. The molecule has 21 heavy (non-hydrogen) atoms. The van der Waals surface area contributed by atoms with Crippen molar-refractivity contribution in [2.24, 2.45) is 0 Å². The molecule has 6 nitrogen and oxygen atoms in total. The highest BCUT2D eigenvalue weighted by Gasteiger charge is 2.16. The van der Waals surface area contributed by atoms with Gasteiger partial charge in [0.05, 0.1) is 19.8 Å². The molecule has 2 aromatic heterocycles. The van der Waals surface area contributed by atoms with E-state index < -0.39 is 0 Å². The van der Waals surface area contributed by atoms with Crippen LogP contribution in [0.2, 0.25) is 5.28 Å². The fourth-order valence-corrected chi connectivity index (χ4v) is 3.52. The molecular formula is C12H13BrClN5OS. The molecule has 112 valence electrons. The van der Waals surface area contributed by atoms with Crippen LogP contribution < -0.4 is 10.2 Å². The molecule has 0 aromatic carbocycles. The lowest BCUT2D eigenvalue weighted by atomic mass is 10.4. The van der Waals surface area contributed by atoms with E-state index in [1.54, 1.807) is 11.3 Å². The van der Waals surface area contributed by atoms with Gasteiger partial charge in [0, 0.05) is 22.4 Å². The number of aromatic nitrogens is 3. The zero-order chi connectivity index (χ0) is 14.7. The van der Waals surface area contributed by atoms with Gasteiger partial charge >= 0.3 is 0 Å². The van der Waals surface area contributed by atoms with Crippen molar-refractivity contribution in [1.29, 1.82) is 0 Å². The first-order chi connectivity index (χ1) is 10.2. The molecule has 3 rings (SSSR count). The number of thiophene rings is 1. The quantitative estimate of drug-likeness (QED) is 0.866. The second kappa shape index (κ2) is 6.87. The monoisotopic (exact) mass is 389 g/mol. The van der Waals surface area contributed by atoms with Crippen LogP contribution in [0.4, 0.5) is 11.9 Å². The molecule has 0 radical (unpaired) electrons. The van der Waals surface area contributed by atoms with Crippen LogP contribution in [-0.4, -0.2) is 41.3 Å². The summed E-state index contributed by atoms with van der Waals surface area (Å²) in [5.41, 5.74) is 0. The van der Waals surface area contributed by atoms with Gasteiger partial charge in [0.2, 0.25) is 17.2 Å². The Morgan fingerprint density at radius 3 is 2.86 bits per heavy atom. The summed E-state index contributed by atoms with van der Waals surface area (Å²) in [6, 6.07) is 2.02. The van der Waals surface area contributed by atoms with E-state index in [1.807, 2.05) is 16.3 Å². The SMILES string of the molecule is Clc1nc(NCc2sccc2Br)nc(N2CCOCC2)n1. The normalized spacial score (nSPS) is 15.2. The molecule has 0 saturated carbocycles. The van der Waals surface area contributed by atoms with Gasteiger partial charge in [0.25, 0.3) is 0 Å². The average Bonchev–Trinajstić information content (AvgIpc) is 2.91. The van der Waals surface area contributed by atoms with Crippen molar-refractivity contribution in [3.05, 3.63) is 26.1 Å². The molecule has 0 spiro atoms. The van der Waals surface area contributed by atoms with E-state index in [1.165, 1.54) is 4.88 Å². The lowest BCUT2D eigenvalue weighted by molar-refractivity contribution is 0.122. The Morgan fingerprint density at radius 1 is 1.33 bits per heavy atom. The van der Waals surface area contributed by atoms with Crippen molar-refractivity contribution in [1.82, 2.24) is 15.0 Å². The molecule has 1 saturated heterocycles. The highest BCUT2D eigenvalue weighted by atomic mass is 79.9. The zero-order valence-corrected chi connectivity index (χ0v) is 14.2. The van der Waals surface area contributed by atoms with E-state index in [0.29, 0.717) is 31.7 Å². The Hall–Kier alpha value is -0.960. The van der Waals surface area contributed by atoms with Gasteiger partial charge in [-0.25, -0.2) is 0 Å². The molecule has 3 heterocycles. The lowest BCUT2D eigenvalue weighted by Gasteiger charge is -2.26. The number of hydrogen-bond donors (Lipinski definition) is 1. The molecule has 1 fully saturated rings. The van der Waals surface area contributed by atoms with Crippen molar-refractivity contribution in [3.63, 3.8) is 0 Å². The first-order valence-electron chi connectivity index (χ1n) is 6.42. The molecule has 1 aliphatic heterocycles. The summed E-state index contributed by atoms with van der Waals surface area (Å²) in [5.74, 6) is 1.07. The number of rotatable bonds is 4. The minimum atomic E-state index is 0.194. The molecule has 1 aliphatic rings. The van der Waals surface area contributed by atoms with Crippen molar-refractivity contribution in [2.45, 2.75) is 6.54 Å². The van der Waals surface area contributed by atoms with Gasteiger partial charge in [0.1, 0.15) is 0 Å². The van der Waals surface area contributed by atoms with E-state index in [-0.39, 0.29) is 5.28 Å². The van der Waals surface area contributed by atoms with Crippen molar-refractivity contribution < 1.29 is 4.74 Å². The maximum Gasteiger partial charge on any atom is 0.231 e. The van der Waals surface area contributed by atoms with Crippen molar-refractivity contribution in [3.8, 4) is 0 Å². The summed E-state index contributed by atoms with van der Waals surface area (Å²) >= 11 is 11.2. The van der Waals surface area contributed by atoms with Crippen LogP contribution in [-0.2, 0) is 11.3 Å². The number of halogens is 2. The van der Waals surface area contributed by atoms with Gasteiger partial charge in [-0.15, -0.1) is 11.3 Å². The summed E-state index contributed by atoms with van der Waals surface area (Å²) in [7, 11) is 0. The van der Waals surface area contributed by atoms with Crippen LogP contribution in [0.25, 0.3) is 0 Å². The van der Waals surface area contributed by atoms with Crippen molar-refractivity contribution in [2.75, 3.05) is 36.5 Å². The molecule has 0 aliphatic carbocycles. The summed E-state index contributed by atoms with van der Waals surface area (Å²) in [4.78, 5) is 16.0. The second-order valence-electron chi connectivity index (χ2n) is 4.37. The molecular weight excluding hydrogens is 378 g/mol. The standard InChI is InChI=1S/C12H13BrClN5OS/c13-8-1-6-21-9(8)7-15-11-16-10(14)17-12(18-11)19-2-4-20-5-3-19/h1,6H,2-5,7H2,(H,15,16,17,18). The van der Waals surface area contributed by atoms with E-state index in [0.717, 1.165) is 17.6 Å². The number of nitrogens with one attached hydrogen (secondary N) is 1. The molecule has 0 bridgehead atoms. The number of nitrogens with zero attached hydrogens (tertiary/aromatic N) is 4. The molecule has 0 amide bonds. The fraction of sp³-hybridized carbons (Fsp3) is 0.417. The van der Waals surface area contributed by atoms with Crippen LogP contribution in [0.5, 0.6) is 0 Å². The second-order valence-corrected chi connectivity index (χ2v) is 6.57. The van der Waals surface area contributed by atoms with Crippen LogP contribution in [0.3, 0.4) is 0 Å². The minimum absolute atomic E-state index is 0.194. The fourth-order valence-electron chi connectivity index (χ4n) is 1.93. The zero-order valence-electron chi connectivity index (χ0n) is 11.1. The Balaban J connectivity index is 1.73. The first kappa shape index (κ1) is 15.0. The Bertz CT molecular complexity index is 619. The third-order valence-corrected chi connectivity index (χ3v) is 5.08. The number of anilines is 2. The summed E-state index contributed by atoms with van der Waals surface area (Å²) in [5, 5.41) is 5.41. The van der Waals surface area contributed by atoms with Crippen LogP contribution in [0.15, 0.2) is 15.9 Å². The van der Waals surface area contributed by atoms with Gasteiger partial charge in [-0.1, -0.05) is 0 Å². The summed E-state index contributed by atoms with van der Waals surface area (Å²) in [6.45, 7) is 3.51. The van der Waals surface area contributed by atoms with Gasteiger partial charge in [-0.05, 0) is 39.0 Å². The van der Waals surface area contributed by atoms with Gasteiger partial charge in [0.15, 0.2) is 0 Å². The van der Waals surface area contributed by atoms with Crippen LogP contribution in [0.1, 0.15) is 4.88 Å². The maximum absolute atomic E-state index is 5.99. The van der Waals surface area contributed by atoms with E-state index in [4.69, 9.17) is 16.3 Å². The topological polar surface area (TPSA) is 63.2 Å². The van der Waals surface area contributed by atoms with E-state index >= 15 is 0 Å². The third kappa shape index (κ3) is 3.82. The largest absolute Gasteiger partial charge is 0.378 e. The lowest BCUT2D eigenvalue weighted by Crippen LogP contribution is -2.37. The summed E-state index contributed by atoms with van der Waals surface area (Å²) in [6.07, 6.45) is 0. The summed E-state index contributed by atoms with van der Waals surface area (Å²) < 4.78 is 6.40. The van der Waals surface area contributed by atoms with Crippen LogP contribution >= 0.6 is 38.9 Å². The molecule has 2 aromatic rings. The third-order valence-electron chi connectivity index (χ3n) is 2.99. The van der Waals surface area contributed by atoms with E-state index in [2.05, 4.69) is 36.2 Å². The first-order valence-corrected chi connectivity index (χ1v) is 8.47. The van der Waals surface area contributed by atoms with E-state index in [9.17, 15) is 0 Å². The smallest absolute Gasteiger partial charge is 0.231 e. The highest BCUT2D eigenvalue weighted by molar-refractivity contribution is 9.10.